The van der Waals surface area contributed by atoms with Gasteiger partial charge in [0.15, 0.2) is 0 Å². The molecule has 1 amide bonds. The molecule has 0 spiro atoms. The van der Waals surface area contributed by atoms with E-state index in [1.54, 1.807) is 36.3 Å². The molecule has 0 unspecified atom stereocenters. The molecular formula is C23H26Cl3N3O. The van der Waals surface area contributed by atoms with E-state index in [0.29, 0.717) is 21.4 Å². The van der Waals surface area contributed by atoms with Gasteiger partial charge in [-0.25, -0.2) is 5.01 Å². The molecule has 0 bridgehead atoms. The van der Waals surface area contributed by atoms with Crippen molar-refractivity contribution in [3.8, 4) is 0 Å². The predicted octanol–water partition coefficient (Wildman–Crippen LogP) is 7.06. The highest BCUT2D eigenvalue weighted by Gasteiger charge is 2.20. The first-order valence-electron chi connectivity index (χ1n) is 9.84. The second kappa shape index (κ2) is 12.6. The molecule has 2 aromatic rings. The molecule has 0 atom stereocenters. The zero-order chi connectivity index (χ0) is 21.9. The maximum Gasteiger partial charge on any atom is 0.269 e. The molecule has 0 aliphatic carbocycles. The van der Waals surface area contributed by atoms with Gasteiger partial charge in [-0.15, -0.1) is 0 Å². The van der Waals surface area contributed by atoms with Gasteiger partial charge in [-0.1, -0.05) is 59.1 Å². The summed E-state index contributed by atoms with van der Waals surface area (Å²) in [5, 5.41) is 7.89. The fourth-order valence-corrected chi connectivity index (χ4v) is 3.56. The number of hydrazone groups is 1. The number of likely N-dealkylation sites (tertiary alicyclic amines) is 1. The average Bonchev–Trinajstić information content (AvgIpc) is 2.74. The van der Waals surface area contributed by atoms with E-state index in [4.69, 9.17) is 34.8 Å². The summed E-state index contributed by atoms with van der Waals surface area (Å²) in [6.45, 7) is 5.22. The van der Waals surface area contributed by atoms with Gasteiger partial charge in [0, 0.05) is 29.3 Å². The van der Waals surface area contributed by atoms with E-state index in [2.05, 4.69) is 5.10 Å². The van der Waals surface area contributed by atoms with Crippen LogP contribution in [-0.4, -0.2) is 29.6 Å². The first kappa shape index (κ1) is 24.3. The van der Waals surface area contributed by atoms with Crippen molar-refractivity contribution >= 4 is 52.1 Å². The van der Waals surface area contributed by atoms with Crippen molar-refractivity contribution in [2.24, 2.45) is 5.10 Å². The van der Waals surface area contributed by atoms with E-state index in [-0.39, 0.29) is 5.91 Å². The molecule has 160 valence electrons. The number of amides is 1. The first-order chi connectivity index (χ1) is 14.4. The van der Waals surface area contributed by atoms with Crippen molar-refractivity contribution in [2.45, 2.75) is 33.1 Å². The molecule has 0 radical (unpaired) electrons. The molecule has 30 heavy (non-hydrogen) atoms. The molecule has 1 fully saturated rings. The standard InChI is InChI=1S/C17H21Cl2N3O.C6H5Cl/c1-3-9-22(16-8-7-14(18)12-15(16)19)20-13(2)17(23)21-10-5-4-6-11-21;7-6-4-2-1-3-5-6/h3,7-9,12H,4-6,10-11H2,1-2H3;1-5H/b9-3+,20-13+;. The van der Waals surface area contributed by atoms with Gasteiger partial charge in [-0.2, -0.15) is 5.10 Å². The fourth-order valence-electron chi connectivity index (χ4n) is 2.92. The minimum atomic E-state index is -0.0238. The van der Waals surface area contributed by atoms with Crippen LogP contribution in [0.25, 0.3) is 0 Å². The third-order valence-corrected chi connectivity index (χ3v) is 5.18. The van der Waals surface area contributed by atoms with Gasteiger partial charge < -0.3 is 4.90 Å². The SMILES string of the molecule is C/C=C/N(/N=C(\C)C(=O)N1CCCCC1)c1ccc(Cl)cc1Cl.Clc1ccccc1. The Labute approximate surface area is 193 Å². The first-order valence-corrected chi connectivity index (χ1v) is 11.0. The maximum atomic E-state index is 12.5. The molecular weight excluding hydrogens is 441 g/mol. The van der Waals surface area contributed by atoms with Gasteiger partial charge in [0.2, 0.25) is 0 Å². The smallest absolute Gasteiger partial charge is 0.269 e. The van der Waals surface area contributed by atoms with E-state index >= 15 is 0 Å². The van der Waals surface area contributed by atoms with E-state index in [0.717, 1.165) is 31.0 Å². The topological polar surface area (TPSA) is 35.9 Å². The van der Waals surface area contributed by atoms with Crippen molar-refractivity contribution in [3.05, 3.63) is 75.9 Å². The van der Waals surface area contributed by atoms with Gasteiger partial charge in [-0.3, -0.25) is 4.79 Å². The molecule has 1 heterocycles. The summed E-state index contributed by atoms with van der Waals surface area (Å²) < 4.78 is 0. The second-order valence-electron chi connectivity index (χ2n) is 6.76. The molecule has 4 nitrogen and oxygen atoms in total. The van der Waals surface area contributed by atoms with Gasteiger partial charge in [0.1, 0.15) is 5.71 Å². The fraction of sp³-hybridized carbons (Fsp3) is 0.304. The summed E-state index contributed by atoms with van der Waals surface area (Å²) in [7, 11) is 0. The van der Waals surface area contributed by atoms with Crippen molar-refractivity contribution in [1.82, 2.24) is 4.90 Å². The Bertz CT molecular complexity index is 879. The summed E-state index contributed by atoms with van der Waals surface area (Å²) in [5.41, 5.74) is 1.12. The zero-order valence-corrected chi connectivity index (χ0v) is 19.5. The number of nitrogens with zero attached hydrogens (tertiary/aromatic N) is 3. The lowest BCUT2D eigenvalue weighted by Gasteiger charge is -2.27. The Morgan fingerprint density at radius 3 is 2.20 bits per heavy atom. The van der Waals surface area contributed by atoms with Crippen LogP contribution in [0.1, 0.15) is 33.1 Å². The van der Waals surface area contributed by atoms with Crippen molar-refractivity contribution in [1.29, 1.82) is 0 Å². The molecule has 1 aliphatic rings. The number of allylic oxidation sites excluding steroid dienone is 1. The van der Waals surface area contributed by atoms with Crippen LogP contribution in [0.3, 0.4) is 0 Å². The quantitative estimate of drug-likeness (QED) is 0.357. The largest absolute Gasteiger partial charge is 0.338 e. The third-order valence-electron chi connectivity index (χ3n) is 4.39. The highest BCUT2D eigenvalue weighted by Crippen LogP contribution is 2.29. The van der Waals surface area contributed by atoms with Gasteiger partial charge in [-0.05, 0) is 63.4 Å². The average molecular weight is 467 g/mol. The predicted molar refractivity (Wildman–Crippen MR) is 129 cm³/mol. The van der Waals surface area contributed by atoms with Crippen molar-refractivity contribution in [3.63, 3.8) is 0 Å². The second-order valence-corrected chi connectivity index (χ2v) is 8.04. The monoisotopic (exact) mass is 465 g/mol. The summed E-state index contributed by atoms with van der Waals surface area (Å²) in [6.07, 6.45) is 6.90. The Balaban J connectivity index is 0.000000386. The van der Waals surface area contributed by atoms with E-state index in [9.17, 15) is 4.79 Å². The lowest BCUT2D eigenvalue weighted by Crippen LogP contribution is -2.39. The summed E-state index contributed by atoms with van der Waals surface area (Å²) in [5.74, 6) is -0.0238. The summed E-state index contributed by atoms with van der Waals surface area (Å²) >= 11 is 17.7. The van der Waals surface area contributed by atoms with Crippen LogP contribution in [0.15, 0.2) is 65.9 Å². The molecule has 7 heteroatoms. The van der Waals surface area contributed by atoms with E-state index in [1.807, 2.05) is 48.2 Å². The van der Waals surface area contributed by atoms with Crippen LogP contribution in [0.4, 0.5) is 5.69 Å². The van der Waals surface area contributed by atoms with Crippen LogP contribution >= 0.6 is 34.8 Å². The number of halogens is 3. The number of carbonyl (C=O) groups is 1. The van der Waals surface area contributed by atoms with Crippen LogP contribution < -0.4 is 5.01 Å². The minimum absolute atomic E-state index is 0.0238. The Morgan fingerprint density at radius 2 is 1.67 bits per heavy atom. The van der Waals surface area contributed by atoms with Crippen molar-refractivity contribution in [2.75, 3.05) is 18.1 Å². The van der Waals surface area contributed by atoms with Gasteiger partial charge in [0.05, 0.1) is 10.7 Å². The number of rotatable bonds is 4. The summed E-state index contributed by atoms with van der Waals surface area (Å²) in [6, 6.07) is 14.6. The molecule has 2 aromatic carbocycles. The number of piperidine rings is 1. The molecule has 1 saturated heterocycles. The van der Waals surface area contributed by atoms with Crippen molar-refractivity contribution < 1.29 is 4.79 Å². The highest BCUT2D eigenvalue weighted by atomic mass is 35.5. The van der Waals surface area contributed by atoms with Gasteiger partial charge in [0.25, 0.3) is 5.91 Å². The Morgan fingerprint density at radius 1 is 1.00 bits per heavy atom. The van der Waals surface area contributed by atoms with Crippen LogP contribution in [0.2, 0.25) is 15.1 Å². The Kier molecular flexibility index (Phi) is 10.2. The van der Waals surface area contributed by atoms with E-state index < -0.39 is 0 Å². The maximum absolute atomic E-state index is 12.5. The highest BCUT2D eigenvalue weighted by molar-refractivity contribution is 6.38. The number of hydrogen-bond donors (Lipinski definition) is 0. The molecule has 1 aliphatic heterocycles. The number of anilines is 1. The lowest BCUT2D eigenvalue weighted by molar-refractivity contribution is -0.125. The molecule has 0 aromatic heterocycles. The van der Waals surface area contributed by atoms with Crippen LogP contribution in [0, 0.1) is 0 Å². The van der Waals surface area contributed by atoms with Crippen LogP contribution in [-0.2, 0) is 4.79 Å². The normalized spacial score (nSPS) is 14.3. The van der Waals surface area contributed by atoms with Gasteiger partial charge >= 0.3 is 0 Å². The molecule has 0 saturated carbocycles. The Hall–Kier alpha value is -2.01. The number of hydrogen-bond acceptors (Lipinski definition) is 3. The number of benzene rings is 2. The molecule has 3 rings (SSSR count). The number of carbonyl (C=O) groups excluding carboxylic acids is 1. The van der Waals surface area contributed by atoms with Crippen LogP contribution in [0.5, 0.6) is 0 Å². The molecule has 0 N–H and O–H groups in total. The minimum Gasteiger partial charge on any atom is -0.338 e. The lowest BCUT2D eigenvalue weighted by atomic mass is 10.1. The zero-order valence-electron chi connectivity index (χ0n) is 17.2. The summed E-state index contributed by atoms with van der Waals surface area (Å²) in [4.78, 5) is 14.4. The third kappa shape index (κ3) is 7.67. The van der Waals surface area contributed by atoms with E-state index in [1.165, 1.54) is 6.42 Å².